The molecule has 0 unspecified atom stereocenters. The van der Waals surface area contributed by atoms with Gasteiger partial charge in [0, 0.05) is 31.7 Å². The Labute approximate surface area is 116 Å². The fraction of sp³-hybridized carbons (Fsp3) is 0.500. The zero-order valence-electron chi connectivity index (χ0n) is 10.6. The van der Waals surface area contributed by atoms with Crippen molar-refractivity contribution in [1.29, 1.82) is 0 Å². The predicted octanol–water partition coefficient (Wildman–Crippen LogP) is 2.66. The number of carboxylic acid groups (broad SMARTS) is 1. The quantitative estimate of drug-likeness (QED) is 0.905. The van der Waals surface area contributed by atoms with Gasteiger partial charge in [-0.1, -0.05) is 11.6 Å². The number of hydrogen-bond acceptors (Lipinski definition) is 3. The van der Waals surface area contributed by atoms with Gasteiger partial charge in [-0.2, -0.15) is 0 Å². The minimum Gasteiger partial charge on any atom is -0.478 e. The molecule has 19 heavy (non-hydrogen) atoms. The maximum atomic E-state index is 10.9. The highest BCUT2D eigenvalue weighted by Gasteiger charge is 2.44. The molecule has 0 saturated carbocycles. The first-order valence-electron chi connectivity index (χ1n) is 6.45. The molecule has 0 atom stereocenters. The second-order valence-electron chi connectivity index (χ2n) is 5.44. The lowest BCUT2D eigenvalue weighted by Crippen LogP contribution is -2.58. The number of rotatable bonds is 2. The number of benzene rings is 1. The average Bonchev–Trinajstić information content (AvgIpc) is 2.37. The number of nitrogens with zero attached hydrogens (tertiary/aromatic N) is 1. The summed E-state index contributed by atoms with van der Waals surface area (Å²) in [5.74, 6) is -0.946. The standard InChI is InChI=1S/C14H16ClNO3/c15-11-7-10(13(17)18)1-2-12(11)16-8-14(9-16)3-5-19-6-4-14/h1-2,7H,3-6,8-9H2,(H,17,18). The molecule has 2 aliphatic rings. The van der Waals surface area contributed by atoms with Crippen LogP contribution in [0.4, 0.5) is 5.69 Å². The van der Waals surface area contributed by atoms with Crippen molar-refractivity contribution in [2.24, 2.45) is 5.41 Å². The fourth-order valence-electron chi connectivity index (χ4n) is 2.95. The van der Waals surface area contributed by atoms with E-state index in [1.165, 1.54) is 6.07 Å². The summed E-state index contributed by atoms with van der Waals surface area (Å²) in [4.78, 5) is 13.1. The molecule has 1 aromatic carbocycles. The Morgan fingerprint density at radius 3 is 2.58 bits per heavy atom. The molecule has 4 nitrogen and oxygen atoms in total. The van der Waals surface area contributed by atoms with Crippen LogP contribution >= 0.6 is 11.6 Å². The van der Waals surface area contributed by atoms with Gasteiger partial charge in [0.2, 0.25) is 0 Å². The van der Waals surface area contributed by atoms with Crippen molar-refractivity contribution < 1.29 is 14.6 Å². The van der Waals surface area contributed by atoms with E-state index in [4.69, 9.17) is 21.4 Å². The van der Waals surface area contributed by atoms with Crippen LogP contribution in [0.25, 0.3) is 0 Å². The molecule has 102 valence electrons. The number of ether oxygens (including phenoxy) is 1. The molecule has 2 saturated heterocycles. The second kappa shape index (κ2) is 4.69. The summed E-state index contributed by atoms with van der Waals surface area (Å²) in [7, 11) is 0. The molecule has 0 bridgehead atoms. The third kappa shape index (κ3) is 2.30. The summed E-state index contributed by atoms with van der Waals surface area (Å²) in [6.07, 6.45) is 2.21. The van der Waals surface area contributed by atoms with Crippen molar-refractivity contribution >= 4 is 23.3 Å². The Hall–Kier alpha value is -1.26. The number of anilines is 1. The van der Waals surface area contributed by atoms with Crippen molar-refractivity contribution in [3.8, 4) is 0 Å². The molecule has 0 aliphatic carbocycles. The third-order valence-corrected chi connectivity index (χ3v) is 4.44. The first kappa shape index (κ1) is 12.8. The Kier molecular flexibility index (Phi) is 3.15. The predicted molar refractivity (Wildman–Crippen MR) is 73.1 cm³/mol. The van der Waals surface area contributed by atoms with Gasteiger partial charge in [-0.25, -0.2) is 4.79 Å². The zero-order chi connectivity index (χ0) is 13.5. The average molecular weight is 282 g/mol. The molecule has 1 N–H and O–H groups in total. The lowest BCUT2D eigenvalue weighted by molar-refractivity contribution is -0.000190. The number of carboxylic acids is 1. The molecule has 0 radical (unpaired) electrons. The van der Waals surface area contributed by atoms with Crippen LogP contribution in [0.15, 0.2) is 18.2 Å². The number of aromatic carboxylic acids is 1. The lowest BCUT2D eigenvalue weighted by Gasteiger charge is -2.53. The van der Waals surface area contributed by atoms with E-state index in [2.05, 4.69) is 4.90 Å². The van der Waals surface area contributed by atoms with Gasteiger partial charge in [0.1, 0.15) is 0 Å². The van der Waals surface area contributed by atoms with E-state index in [9.17, 15) is 4.79 Å². The highest BCUT2D eigenvalue weighted by atomic mass is 35.5. The van der Waals surface area contributed by atoms with E-state index in [0.717, 1.165) is 44.8 Å². The fourth-order valence-corrected chi connectivity index (χ4v) is 3.25. The van der Waals surface area contributed by atoms with Crippen molar-refractivity contribution in [2.45, 2.75) is 12.8 Å². The van der Waals surface area contributed by atoms with E-state index in [1.54, 1.807) is 12.1 Å². The summed E-state index contributed by atoms with van der Waals surface area (Å²) < 4.78 is 5.40. The van der Waals surface area contributed by atoms with Gasteiger partial charge in [-0.05, 0) is 31.0 Å². The van der Waals surface area contributed by atoms with Crippen molar-refractivity contribution in [3.63, 3.8) is 0 Å². The Morgan fingerprint density at radius 2 is 2.00 bits per heavy atom. The Bertz CT molecular complexity index is 503. The summed E-state index contributed by atoms with van der Waals surface area (Å²) in [6, 6.07) is 4.94. The highest BCUT2D eigenvalue weighted by molar-refractivity contribution is 6.33. The first-order valence-corrected chi connectivity index (χ1v) is 6.83. The monoisotopic (exact) mass is 281 g/mol. The molecule has 2 fully saturated rings. The van der Waals surface area contributed by atoms with E-state index < -0.39 is 5.97 Å². The molecule has 5 heteroatoms. The van der Waals surface area contributed by atoms with Crippen LogP contribution in [-0.4, -0.2) is 37.4 Å². The Balaban J connectivity index is 1.73. The van der Waals surface area contributed by atoms with E-state index in [1.807, 2.05) is 0 Å². The maximum Gasteiger partial charge on any atom is 0.335 e. The van der Waals surface area contributed by atoms with Crippen molar-refractivity contribution in [2.75, 3.05) is 31.2 Å². The molecule has 0 aromatic heterocycles. The summed E-state index contributed by atoms with van der Waals surface area (Å²) >= 11 is 6.18. The summed E-state index contributed by atoms with van der Waals surface area (Å²) in [5, 5.41) is 9.44. The summed E-state index contributed by atoms with van der Waals surface area (Å²) in [6.45, 7) is 3.67. The van der Waals surface area contributed by atoms with E-state index >= 15 is 0 Å². The first-order chi connectivity index (χ1) is 9.10. The number of carbonyl (C=O) groups is 1. The molecule has 3 rings (SSSR count). The molecule has 2 aliphatic heterocycles. The molecule has 1 aromatic rings. The van der Waals surface area contributed by atoms with E-state index in [-0.39, 0.29) is 5.56 Å². The topological polar surface area (TPSA) is 49.8 Å². The van der Waals surface area contributed by atoms with Gasteiger partial charge in [-0.3, -0.25) is 0 Å². The second-order valence-corrected chi connectivity index (χ2v) is 5.85. The smallest absolute Gasteiger partial charge is 0.335 e. The minimum atomic E-state index is -0.946. The van der Waals surface area contributed by atoms with E-state index in [0.29, 0.717) is 10.4 Å². The van der Waals surface area contributed by atoms with Gasteiger partial charge >= 0.3 is 5.97 Å². The molecular weight excluding hydrogens is 266 g/mol. The van der Waals surface area contributed by atoms with Crippen molar-refractivity contribution in [1.82, 2.24) is 0 Å². The van der Waals surface area contributed by atoms with Crippen molar-refractivity contribution in [3.05, 3.63) is 28.8 Å². The highest BCUT2D eigenvalue weighted by Crippen LogP contribution is 2.43. The molecule has 2 heterocycles. The maximum absolute atomic E-state index is 10.9. The Morgan fingerprint density at radius 1 is 1.32 bits per heavy atom. The van der Waals surface area contributed by atoms with Crippen LogP contribution in [0.1, 0.15) is 23.2 Å². The lowest BCUT2D eigenvalue weighted by atomic mass is 9.73. The van der Waals surface area contributed by atoms with Crippen LogP contribution in [-0.2, 0) is 4.74 Å². The normalized spacial score (nSPS) is 21.2. The van der Waals surface area contributed by atoms with Crippen LogP contribution in [0.3, 0.4) is 0 Å². The van der Waals surface area contributed by atoms with Gasteiger partial charge in [-0.15, -0.1) is 0 Å². The zero-order valence-corrected chi connectivity index (χ0v) is 11.3. The molecule has 1 spiro atoms. The largest absolute Gasteiger partial charge is 0.478 e. The van der Waals surface area contributed by atoms with Gasteiger partial charge in [0.25, 0.3) is 0 Å². The van der Waals surface area contributed by atoms with Gasteiger partial charge in [0.15, 0.2) is 0 Å². The van der Waals surface area contributed by atoms with Crippen LogP contribution < -0.4 is 4.90 Å². The summed E-state index contributed by atoms with van der Waals surface area (Å²) in [5.41, 5.74) is 1.55. The molecule has 0 amide bonds. The minimum absolute atomic E-state index is 0.232. The third-order valence-electron chi connectivity index (χ3n) is 4.14. The van der Waals surface area contributed by atoms with Crippen LogP contribution in [0, 0.1) is 5.41 Å². The van der Waals surface area contributed by atoms with Gasteiger partial charge < -0.3 is 14.7 Å². The SMILES string of the molecule is O=C(O)c1ccc(N2CC3(CCOCC3)C2)c(Cl)c1. The van der Waals surface area contributed by atoms with Crippen LogP contribution in [0.2, 0.25) is 5.02 Å². The number of hydrogen-bond donors (Lipinski definition) is 1. The van der Waals surface area contributed by atoms with Crippen LogP contribution in [0.5, 0.6) is 0 Å². The van der Waals surface area contributed by atoms with Gasteiger partial charge in [0.05, 0.1) is 16.3 Å². The number of halogens is 1. The molecular formula is C14H16ClNO3.